The molecule has 1 aliphatic rings. The summed E-state index contributed by atoms with van der Waals surface area (Å²) in [4.78, 5) is 26.3. The molecule has 0 aliphatic carbocycles. The van der Waals surface area contributed by atoms with E-state index >= 15 is 0 Å². The summed E-state index contributed by atoms with van der Waals surface area (Å²) in [5.74, 6) is -0.186. The summed E-state index contributed by atoms with van der Waals surface area (Å²) in [6.07, 6.45) is 2.21. The average Bonchev–Trinajstić information content (AvgIpc) is 2.83. The predicted molar refractivity (Wildman–Crippen MR) is 84.0 cm³/mol. The molecule has 0 aromatic heterocycles. The molecule has 1 fully saturated rings. The summed E-state index contributed by atoms with van der Waals surface area (Å²) in [5.41, 5.74) is 1.90. The smallest absolute Gasteiger partial charge is 0.229 e. The van der Waals surface area contributed by atoms with Crippen LogP contribution in [0.1, 0.15) is 38.7 Å². The maximum Gasteiger partial charge on any atom is 0.229 e. The number of amides is 2. The van der Waals surface area contributed by atoms with Crippen molar-refractivity contribution in [3.05, 3.63) is 29.8 Å². The molecule has 1 heterocycles. The Bertz CT molecular complexity index is 523. The van der Waals surface area contributed by atoms with Crippen LogP contribution in [0, 0.1) is 12.8 Å². The number of carbonyl (C=O) groups is 2. The number of hydrogen-bond acceptors (Lipinski definition) is 2. The first-order valence-electron chi connectivity index (χ1n) is 7.72. The average molecular weight is 288 g/mol. The summed E-state index contributed by atoms with van der Waals surface area (Å²) in [6.45, 7) is 6.70. The van der Waals surface area contributed by atoms with Crippen LogP contribution in [0.15, 0.2) is 24.3 Å². The summed E-state index contributed by atoms with van der Waals surface area (Å²) >= 11 is 0. The van der Waals surface area contributed by atoms with Crippen molar-refractivity contribution in [1.29, 1.82) is 0 Å². The molecule has 1 N–H and O–H groups in total. The molecule has 1 aromatic carbocycles. The number of nitrogens with one attached hydrogen (secondary N) is 1. The third kappa shape index (κ3) is 3.63. The van der Waals surface area contributed by atoms with Crippen molar-refractivity contribution >= 4 is 17.5 Å². The zero-order chi connectivity index (χ0) is 15.4. The van der Waals surface area contributed by atoms with Crippen LogP contribution in [0.3, 0.4) is 0 Å². The Balaban J connectivity index is 2.00. The van der Waals surface area contributed by atoms with Crippen molar-refractivity contribution < 1.29 is 9.59 Å². The minimum absolute atomic E-state index is 0.0533. The van der Waals surface area contributed by atoms with E-state index in [0.717, 1.165) is 24.1 Å². The second kappa shape index (κ2) is 6.74. The molecular weight excluding hydrogens is 264 g/mol. The molecule has 0 saturated carbocycles. The number of anilines is 1. The Morgan fingerprint density at radius 2 is 2.10 bits per heavy atom. The monoisotopic (exact) mass is 288 g/mol. The second-order valence-corrected chi connectivity index (χ2v) is 5.78. The number of nitrogens with zero attached hydrogens (tertiary/aromatic N) is 1. The Labute approximate surface area is 126 Å². The van der Waals surface area contributed by atoms with Crippen LogP contribution in [-0.4, -0.2) is 29.3 Å². The third-order valence-electron chi connectivity index (χ3n) is 4.20. The number of benzene rings is 1. The van der Waals surface area contributed by atoms with Crippen molar-refractivity contribution in [1.82, 2.24) is 4.90 Å². The highest BCUT2D eigenvalue weighted by atomic mass is 16.2. The number of hydrogen-bond donors (Lipinski definition) is 1. The standard InChI is InChI=1S/C17H24N2O2/c1-4-15(5-2)19-11-13(10-16(19)20)17(21)18-14-8-6-7-12(3)9-14/h6-9,13,15H,4-5,10-11H2,1-3H3,(H,18,21)/t13-/m0/s1. The predicted octanol–water partition coefficient (Wildman–Crippen LogP) is 2.97. The largest absolute Gasteiger partial charge is 0.339 e. The van der Waals surface area contributed by atoms with Crippen LogP contribution in [0.5, 0.6) is 0 Å². The molecule has 0 unspecified atom stereocenters. The molecule has 21 heavy (non-hydrogen) atoms. The lowest BCUT2D eigenvalue weighted by atomic mass is 10.1. The Morgan fingerprint density at radius 3 is 2.71 bits per heavy atom. The van der Waals surface area contributed by atoms with Gasteiger partial charge in [0.05, 0.1) is 5.92 Å². The van der Waals surface area contributed by atoms with Gasteiger partial charge in [-0.25, -0.2) is 0 Å². The molecular formula is C17H24N2O2. The van der Waals surface area contributed by atoms with Crippen molar-refractivity contribution in [3.63, 3.8) is 0 Å². The first kappa shape index (κ1) is 15.5. The molecule has 114 valence electrons. The van der Waals surface area contributed by atoms with E-state index in [2.05, 4.69) is 19.2 Å². The Hall–Kier alpha value is -1.84. The number of aryl methyl sites for hydroxylation is 1. The van der Waals surface area contributed by atoms with Gasteiger partial charge in [0.1, 0.15) is 0 Å². The highest BCUT2D eigenvalue weighted by molar-refractivity contribution is 5.97. The lowest BCUT2D eigenvalue weighted by molar-refractivity contribution is -0.130. The molecule has 0 radical (unpaired) electrons. The van der Waals surface area contributed by atoms with E-state index in [0.29, 0.717) is 13.0 Å². The molecule has 2 amide bonds. The fourth-order valence-electron chi connectivity index (χ4n) is 2.96. The zero-order valence-corrected chi connectivity index (χ0v) is 13.1. The van der Waals surface area contributed by atoms with Gasteiger partial charge in [0.25, 0.3) is 0 Å². The van der Waals surface area contributed by atoms with E-state index in [4.69, 9.17) is 0 Å². The Morgan fingerprint density at radius 1 is 1.38 bits per heavy atom. The molecule has 0 bridgehead atoms. The molecule has 1 saturated heterocycles. The first-order chi connectivity index (χ1) is 10.0. The first-order valence-corrected chi connectivity index (χ1v) is 7.72. The van der Waals surface area contributed by atoms with E-state index < -0.39 is 0 Å². The van der Waals surface area contributed by atoms with Crippen LogP contribution < -0.4 is 5.32 Å². The van der Waals surface area contributed by atoms with Crippen molar-refractivity contribution in [2.45, 2.75) is 46.1 Å². The molecule has 1 aromatic rings. The van der Waals surface area contributed by atoms with Crippen molar-refractivity contribution in [2.24, 2.45) is 5.92 Å². The minimum Gasteiger partial charge on any atom is -0.339 e. The van der Waals surface area contributed by atoms with Gasteiger partial charge in [-0.3, -0.25) is 9.59 Å². The molecule has 4 heteroatoms. The lowest BCUT2D eigenvalue weighted by Gasteiger charge is -2.26. The van der Waals surface area contributed by atoms with Crippen LogP contribution in [0.25, 0.3) is 0 Å². The van der Waals surface area contributed by atoms with Gasteiger partial charge in [0.2, 0.25) is 11.8 Å². The topological polar surface area (TPSA) is 49.4 Å². The third-order valence-corrected chi connectivity index (χ3v) is 4.20. The number of likely N-dealkylation sites (tertiary alicyclic amines) is 1. The molecule has 0 spiro atoms. The van der Waals surface area contributed by atoms with Gasteiger partial charge in [-0.15, -0.1) is 0 Å². The maximum atomic E-state index is 12.3. The van der Waals surface area contributed by atoms with Crippen LogP contribution in [0.2, 0.25) is 0 Å². The number of carbonyl (C=O) groups excluding carboxylic acids is 2. The van der Waals surface area contributed by atoms with Gasteiger partial charge in [0.15, 0.2) is 0 Å². The minimum atomic E-state index is -0.237. The quantitative estimate of drug-likeness (QED) is 0.905. The van der Waals surface area contributed by atoms with E-state index in [9.17, 15) is 9.59 Å². The lowest BCUT2D eigenvalue weighted by Crippen LogP contribution is -2.36. The second-order valence-electron chi connectivity index (χ2n) is 5.78. The van der Waals surface area contributed by atoms with Gasteiger partial charge in [-0.2, -0.15) is 0 Å². The van der Waals surface area contributed by atoms with Gasteiger partial charge in [0, 0.05) is 24.7 Å². The number of rotatable bonds is 5. The van der Waals surface area contributed by atoms with Gasteiger partial charge in [-0.1, -0.05) is 26.0 Å². The Kier molecular flexibility index (Phi) is 4.99. The summed E-state index contributed by atoms with van der Waals surface area (Å²) < 4.78 is 0. The van der Waals surface area contributed by atoms with Crippen LogP contribution >= 0.6 is 0 Å². The van der Waals surface area contributed by atoms with Gasteiger partial charge >= 0.3 is 0 Å². The van der Waals surface area contributed by atoms with Gasteiger partial charge in [-0.05, 0) is 37.5 Å². The fourth-order valence-corrected chi connectivity index (χ4v) is 2.96. The molecule has 4 nitrogen and oxygen atoms in total. The SMILES string of the molecule is CCC(CC)N1C[C@@H](C(=O)Nc2cccc(C)c2)CC1=O. The van der Waals surface area contributed by atoms with E-state index in [1.165, 1.54) is 0 Å². The van der Waals surface area contributed by atoms with Gasteiger partial charge < -0.3 is 10.2 Å². The summed E-state index contributed by atoms with van der Waals surface area (Å²) in [5, 5.41) is 2.92. The summed E-state index contributed by atoms with van der Waals surface area (Å²) in [7, 11) is 0. The highest BCUT2D eigenvalue weighted by Gasteiger charge is 2.36. The van der Waals surface area contributed by atoms with E-state index in [-0.39, 0.29) is 23.8 Å². The van der Waals surface area contributed by atoms with E-state index in [1.54, 1.807) is 0 Å². The molecule has 1 atom stereocenters. The van der Waals surface area contributed by atoms with Crippen LogP contribution in [0.4, 0.5) is 5.69 Å². The van der Waals surface area contributed by atoms with E-state index in [1.807, 2.05) is 36.1 Å². The van der Waals surface area contributed by atoms with Crippen LogP contribution in [-0.2, 0) is 9.59 Å². The van der Waals surface area contributed by atoms with Crippen molar-refractivity contribution in [3.8, 4) is 0 Å². The zero-order valence-electron chi connectivity index (χ0n) is 13.1. The fraction of sp³-hybridized carbons (Fsp3) is 0.529. The molecule has 1 aliphatic heterocycles. The van der Waals surface area contributed by atoms with Crippen molar-refractivity contribution in [2.75, 3.05) is 11.9 Å². The summed E-state index contributed by atoms with van der Waals surface area (Å²) in [6, 6.07) is 7.98. The highest BCUT2D eigenvalue weighted by Crippen LogP contribution is 2.24. The molecule has 2 rings (SSSR count). The maximum absolute atomic E-state index is 12.3. The normalized spacial score (nSPS) is 18.4.